The summed E-state index contributed by atoms with van der Waals surface area (Å²) in [5.41, 5.74) is 7.80. The first-order valence-electron chi connectivity index (χ1n) is 7.95. The van der Waals surface area contributed by atoms with Crippen LogP contribution >= 0.6 is 12.4 Å². The Morgan fingerprint density at radius 1 is 1.38 bits per heavy atom. The first kappa shape index (κ1) is 18.4. The van der Waals surface area contributed by atoms with Gasteiger partial charge in [0.15, 0.2) is 0 Å². The van der Waals surface area contributed by atoms with E-state index in [1.807, 2.05) is 31.2 Å². The van der Waals surface area contributed by atoms with Gasteiger partial charge in [-0.1, -0.05) is 37.1 Å². The SMILES string of the molecule is CC1(N)CCCCC1C(=O)NCc1ccc(-c2nn[nH]n2)cc1.Cl. The number of hydrogen-bond donors (Lipinski definition) is 3. The smallest absolute Gasteiger partial charge is 0.225 e. The Labute approximate surface area is 147 Å². The highest BCUT2D eigenvalue weighted by atomic mass is 35.5. The van der Waals surface area contributed by atoms with Crippen molar-refractivity contribution in [1.82, 2.24) is 25.9 Å². The molecule has 4 N–H and O–H groups in total. The predicted molar refractivity (Wildman–Crippen MR) is 93.3 cm³/mol. The molecule has 1 aliphatic rings. The number of amides is 1. The van der Waals surface area contributed by atoms with Crippen LogP contribution in [0.1, 0.15) is 38.2 Å². The highest BCUT2D eigenvalue weighted by Crippen LogP contribution is 2.31. The fourth-order valence-electron chi connectivity index (χ4n) is 3.16. The van der Waals surface area contributed by atoms with E-state index >= 15 is 0 Å². The average molecular weight is 351 g/mol. The number of hydrogen-bond acceptors (Lipinski definition) is 5. The van der Waals surface area contributed by atoms with Crippen molar-refractivity contribution in [3.63, 3.8) is 0 Å². The van der Waals surface area contributed by atoms with Gasteiger partial charge in [-0.3, -0.25) is 4.79 Å². The Morgan fingerprint density at radius 3 is 2.75 bits per heavy atom. The van der Waals surface area contributed by atoms with E-state index in [2.05, 4.69) is 25.9 Å². The number of carbonyl (C=O) groups is 1. The molecule has 1 saturated carbocycles. The third-order valence-electron chi connectivity index (χ3n) is 4.60. The summed E-state index contributed by atoms with van der Waals surface area (Å²) in [6.07, 6.45) is 3.96. The van der Waals surface area contributed by atoms with Gasteiger partial charge in [-0.05, 0) is 30.5 Å². The van der Waals surface area contributed by atoms with Crippen LogP contribution in [0.4, 0.5) is 0 Å². The number of benzene rings is 1. The summed E-state index contributed by atoms with van der Waals surface area (Å²) in [7, 11) is 0. The summed E-state index contributed by atoms with van der Waals surface area (Å²) in [6.45, 7) is 2.48. The molecule has 3 rings (SSSR count). The van der Waals surface area contributed by atoms with Gasteiger partial charge < -0.3 is 11.1 Å². The number of carbonyl (C=O) groups excluding carboxylic acids is 1. The van der Waals surface area contributed by atoms with Crippen LogP contribution in [0.15, 0.2) is 24.3 Å². The minimum absolute atomic E-state index is 0. The van der Waals surface area contributed by atoms with Crippen LogP contribution in [0.25, 0.3) is 11.4 Å². The summed E-state index contributed by atoms with van der Waals surface area (Å²) in [6, 6.07) is 7.74. The summed E-state index contributed by atoms with van der Waals surface area (Å²) in [5.74, 6) is 0.508. The number of nitrogens with one attached hydrogen (secondary N) is 2. The molecule has 2 aromatic rings. The standard InChI is InChI=1S/C16H22N6O.ClH/c1-16(17)9-3-2-4-13(16)15(23)18-10-11-5-7-12(8-6-11)14-19-21-22-20-14;/h5-8,13H,2-4,9-10,17H2,1H3,(H,18,23)(H,19,20,21,22);1H. The Balaban J connectivity index is 0.00000208. The van der Waals surface area contributed by atoms with E-state index in [0.29, 0.717) is 12.4 Å². The predicted octanol–water partition coefficient (Wildman–Crippen LogP) is 1.81. The number of aromatic nitrogens is 4. The average Bonchev–Trinajstić information content (AvgIpc) is 3.07. The molecule has 0 bridgehead atoms. The second-order valence-corrected chi connectivity index (χ2v) is 6.45. The molecule has 24 heavy (non-hydrogen) atoms. The molecule has 0 spiro atoms. The molecule has 1 aromatic carbocycles. The van der Waals surface area contributed by atoms with Crippen molar-refractivity contribution in [1.29, 1.82) is 0 Å². The molecule has 7 nitrogen and oxygen atoms in total. The van der Waals surface area contributed by atoms with E-state index in [4.69, 9.17) is 5.73 Å². The van der Waals surface area contributed by atoms with Gasteiger partial charge in [-0.15, -0.1) is 22.6 Å². The van der Waals surface area contributed by atoms with E-state index in [1.165, 1.54) is 0 Å². The largest absolute Gasteiger partial charge is 0.352 e. The molecule has 0 aliphatic heterocycles. The minimum Gasteiger partial charge on any atom is -0.352 e. The maximum atomic E-state index is 12.4. The number of halogens is 1. The molecule has 1 fully saturated rings. The van der Waals surface area contributed by atoms with Gasteiger partial charge in [0.1, 0.15) is 0 Å². The number of rotatable bonds is 4. The Morgan fingerprint density at radius 2 is 2.12 bits per heavy atom. The van der Waals surface area contributed by atoms with Gasteiger partial charge in [-0.25, -0.2) is 0 Å². The van der Waals surface area contributed by atoms with Gasteiger partial charge in [0.2, 0.25) is 11.7 Å². The molecule has 1 amide bonds. The van der Waals surface area contributed by atoms with Crippen molar-refractivity contribution in [2.24, 2.45) is 11.7 Å². The quantitative estimate of drug-likeness (QED) is 0.779. The number of tetrazole rings is 1. The summed E-state index contributed by atoms with van der Waals surface area (Å²) >= 11 is 0. The molecule has 1 aromatic heterocycles. The van der Waals surface area contributed by atoms with E-state index in [-0.39, 0.29) is 24.2 Å². The number of H-pyrrole nitrogens is 1. The third kappa shape index (κ3) is 4.10. The summed E-state index contributed by atoms with van der Waals surface area (Å²) in [4.78, 5) is 12.4. The Kier molecular flexibility index (Phi) is 5.90. The molecule has 2 atom stereocenters. The lowest BCUT2D eigenvalue weighted by atomic mass is 9.74. The lowest BCUT2D eigenvalue weighted by Crippen LogP contribution is -2.52. The van der Waals surface area contributed by atoms with Crippen molar-refractivity contribution < 1.29 is 4.79 Å². The molecule has 1 heterocycles. The minimum atomic E-state index is -0.398. The molecule has 1 aliphatic carbocycles. The molecular weight excluding hydrogens is 328 g/mol. The van der Waals surface area contributed by atoms with Gasteiger partial charge >= 0.3 is 0 Å². The van der Waals surface area contributed by atoms with Crippen molar-refractivity contribution in [2.45, 2.75) is 44.7 Å². The van der Waals surface area contributed by atoms with E-state index in [9.17, 15) is 4.79 Å². The molecule has 2 unspecified atom stereocenters. The zero-order valence-electron chi connectivity index (χ0n) is 13.7. The van der Waals surface area contributed by atoms with Crippen molar-refractivity contribution in [3.8, 4) is 11.4 Å². The number of aromatic amines is 1. The summed E-state index contributed by atoms with van der Waals surface area (Å²) in [5, 5.41) is 16.9. The van der Waals surface area contributed by atoms with Crippen LogP contribution in [0.3, 0.4) is 0 Å². The number of nitrogens with zero attached hydrogens (tertiary/aromatic N) is 3. The summed E-state index contributed by atoms with van der Waals surface area (Å²) < 4.78 is 0. The molecule has 0 saturated heterocycles. The first-order valence-corrected chi connectivity index (χ1v) is 7.95. The van der Waals surface area contributed by atoms with Gasteiger partial charge in [0.25, 0.3) is 0 Å². The number of nitrogens with two attached hydrogens (primary N) is 1. The maximum Gasteiger partial charge on any atom is 0.225 e. The van der Waals surface area contributed by atoms with Crippen LogP contribution in [0.2, 0.25) is 0 Å². The van der Waals surface area contributed by atoms with Crippen molar-refractivity contribution >= 4 is 18.3 Å². The maximum absolute atomic E-state index is 12.4. The normalized spacial score (nSPS) is 23.3. The van der Waals surface area contributed by atoms with Crippen LogP contribution < -0.4 is 11.1 Å². The fraction of sp³-hybridized carbons (Fsp3) is 0.500. The topological polar surface area (TPSA) is 110 Å². The monoisotopic (exact) mass is 350 g/mol. The first-order chi connectivity index (χ1) is 11.1. The highest BCUT2D eigenvalue weighted by Gasteiger charge is 2.37. The van der Waals surface area contributed by atoms with Crippen LogP contribution in [-0.2, 0) is 11.3 Å². The molecule has 8 heteroatoms. The van der Waals surface area contributed by atoms with Gasteiger partial charge in [-0.2, -0.15) is 5.21 Å². The van der Waals surface area contributed by atoms with Crippen LogP contribution in [0.5, 0.6) is 0 Å². The van der Waals surface area contributed by atoms with Crippen molar-refractivity contribution in [3.05, 3.63) is 29.8 Å². The second kappa shape index (κ2) is 7.72. The van der Waals surface area contributed by atoms with Crippen molar-refractivity contribution in [2.75, 3.05) is 0 Å². The van der Waals surface area contributed by atoms with E-state index in [1.54, 1.807) is 0 Å². The Hall–Kier alpha value is -1.99. The van der Waals surface area contributed by atoms with E-state index < -0.39 is 5.54 Å². The van der Waals surface area contributed by atoms with Gasteiger partial charge in [0, 0.05) is 17.6 Å². The van der Waals surface area contributed by atoms with Crippen LogP contribution in [0, 0.1) is 5.92 Å². The molecular formula is C16H23ClN6O. The molecule has 0 radical (unpaired) electrons. The van der Waals surface area contributed by atoms with E-state index in [0.717, 1.165) is 36.8 Å². The zero-order chi connectivity index (χ0) is 16.3. The second-order valence-electron chi connectivity index (χ2n) is 6.45. The highest BCUT2D eigenvalue weighted by molar-refractivity contribution is 5.85. The third-order valence-corrected chi connectivity index (χ3v) is 4.60. The lowest BCUT2D eigenvalue weighted by Gasteiger charge is -2.37. The lowest BCUT2D eigenvalue weighted by molar-refractivity contribution is -0.128. The molecule has 130 valence electrons. The fourth-order valence-corrected chi connectivity index (χ4v) is 3.16. The zero-order valence-corrected chi connectivity index (χ0v) is 14.5. The van der Waals surface area contributed by atoms with Gasteiger partial charge in [0.05, 0.1) is 5.92 Å². The Bertz CT molecular complexity index is 656. The van der Waals surface area contributed by atoms with Crippen LogP contribution in [-0.4, -0.2) is 32.1 Å².